The number of aromatic nitrogens is 2. The molecule has 0 unspecified atom stereocenters. The van der Waals surface area contributed by atoms with Crippen LogP contribution in [0.1, 0.15) is 6.42 Å². The number of benzene rings is 1. The van der Waals surface area contributed by atoms with Gasteiger partial charge in [-0.3, -0.25) is 4.68 Å². The largest absolute Gasteiger partial charge is 0.271 e. The lowest BCUT2D eigenvalue weighted by Gasteiger charge is -2.08. The molecule has 1 heterocycles. The molecule has 114 valence electrons. The van der Waals surface area contributed by atoms with Gasteiger partial charge in [-0.25, -0.2) is 13.1 Å². The summed E-state index contributed by atoms with van der Waals surface area (Å²) in [7, 11) is -3.68. The smallest absolute Gasteiger partial charge is 0.242 e. The second-order valence-electron chi connectivity index (χ2n) is 4.25. The van der Waals surface area contributed by atoms with Crippen molar-refractivity contribution in [3.05, 3.63) is 45.7 Å². The van der Waals surface area contributed by atoms with E-state index in [1.54, 1.807) is 10.9 Å². The molecule has 9 heteroatoms. The third-order valence-electron chi connectivity index (χ3n) is 2.64. The van der Waals surface area contributed by atoms with Crippen molar-refractivity contribution in [1.29, 1.82) is 0 Å². The molecule has 0 aliphatic rings. The summed E-state index contributed by atoms with van der Waals surface area (Å²) in [5.74, 6) is 0. The van der Waals surface area contributed by atoms with Gasteiger partial charge in [-0.15, -0.1) is 0 Å². The van der Waals surface area contributed by atoms with Crippen LogP contribution in [-0.2, 0) is 16.6 Å². The molecule has 0 saturated heterocycles. The number of sulfonamides is 1. The number of hydrogen-bond donors (Lipinski definition) is 1. The zero-order valence-corrected chi connectivity index (χ0v) is 13.8. The predicted molar refractivity (Wildman–Crippen MR) is 83.5 cm³/mol. The van der Waals surface area contributed by atoms with E-state index in [2.05, 4.69) is 9.82 Å². The van der Waals surface area contributed by atoms with Gasteiger partial charge < -0.3 is 0 Å². The highest BCUT2D eigenvalue weighted by Crippen LogP contribution is 2.24. The second-order valence-corrected chi connectivity index (χ2v) is 7.26. The van der Waals surface area contributed by atoms with Crippen LogP contribution >= 0.6 is 34.8 Å². The fourth-order valence-electron chi connectivity index (χ4n) is 1.67. The summed E-state index contributed by atoms with van der Waals surface area (Å²) in [6, 6.07) is 4.30. The number of rotatable bonds is 6. The quantitative estimate of drug-likeness (QED) is 0.796. The van der Waals surface area contributed by atoms with E-state index >= 15 is 0 Å². The van der Waals surface area contributed by atoms with Crippen LogP contribution in [0.2, 0.25) is 15.1 Å². The van der Waals surface area contributed by atoms with Gasteiger partial charge in [-0.2, -0.15) is 5.10 Å². The summed E-state index contributed by atoms with van der Waals surface area (Å²) in [4.78, 5) is -0.0289. The summed E-state index contributed by atoms with van der Waals surface area (Å²) < 4.78 is 28.4. The first-order valence-corrected chi connectivity index (χ1v) is 8.63. The van der Waals surface area contributed by atoms with Gasteiger partial charge in [-0.05, 0) is 24.6 Å². The Morgan fingerprint density at radius 1 is 1.19 bits per heavy atom. The first-order valence-electron chi connectivity index (χ1n) is 6.01. The van der Waals surface area contributed by atoms with Gasteiger partial charge in [0, 0.05) is 24.3 Å². The fraction of sp³-hybridized carbons (Fsp3) is 0.250. The zero-order chi connectivity index (χ0) is 15.5. The molecule has 0 amide bonds. The Hall–Kier alpha value is -0.790. The molecule has 1 aromatic carbocycles. The van der Waals surface area contributed by atoms with Crippen molar-refractivity contribution < 1.29 is 8.42 Å². The first-order chi connectivity index (χ1) is 9.88. The van der Waals surface area contributed by atoms with Crippen LogP contribution in [-0.4, -0.2) is 24.7 Å². The highest BCUT2D eigenvalue weighted by molar-refractivity contribution is 7.89. The molecule has 0 atom stereocenters. The molecule has 21 heavy (non-hydrogen) atoms. The Kier molecular flexibility index (Phi) is 5.51. The number of nitrogens with zero attached hydrogens (tertiary/aromatic N) is 2. The molecule has 0 fully saturated rings. The average Bonchev–Trinajstić information content (AvgIpc) is 2.83. The van der Waals surface area contributed by atoms with E-state index in [0.29, 0.717) is 23.0 Å². The van der Waals surface area contributed by atoms with E-state index in [1.165, 1.54) is 24.4 Å². The van der Waals surface area contributed by atoms with Crippen LogP contribution in [0.15, 0.2) is 35.5 Å². The van der Waals surface area contributed by atoms with Gasteiger partial charge in [0.2, 0.25) is 10.0 Å². The molecule has 0 aliphatic heterocycles. The number of hydrogen-bond acceptors (Lipinski definition) is 3. The third-order valence-corrected chi connectivity index (χ3v) is 5.01. The van der Waals surface area contributed by atoms with Gasteiger partial charge in [0.05, 0.1) is 16.2 Å². The van der Waals surface area contributed by atoms with Crippen LogP contribution in [0.4, 0.5) is 0 Å². The van der Waals surface area contributed by atoms with Crippen molar-refractivity contribution in [2.45, 2.75) is 17.9 Å². The molecule has 0 saturated carbocycles. The van der Waals surface area contributed by atoms with E-state index in [0.717, 1.165) is 0 Å². The van der Waals surface area contributed by atoms with Crippen molar-refractivity contribution >= 4 is 44.8 Å². The minimum Gasteiger partial charge on any atom is -0.271 e. The SMILES string of the molecule is O=S(=O)(NCCCn1cc(Cl)cn1)c1cc(Cl)ccc1Cl. The zero-order valence-electron chi connectivity index (χ0n) is 10.8. The summed E-state index contributed by atoms with van der Waals surface area (Å²) in [6.07, 6.45) is 3.76. The summed E-state index contributed by atoms with van der Waals surface area (Å²) in [6.45, 7) is 0.807. The van der Waals surface area contributed by atoms with Crippen LogP contribution in [0.3, 0.4) is 0 Å². The predicted octanol–water partition coefficient (Wildman–Crippen LogP) is 3.21. The molecular formula is C12H12Cl3N3O2S. The van der Waals surface area contributed by atoms with Gasteiger partial charge in [0.1, 0.15) is 4.90 Å². The number of aryl methyl sites for hydroxylation is 1. The maximum Gasteiger partial charge on any atom is 0.242 e. The van der Waals surface area contributed by atoms with Gasteiger partial charge in [0.15, 0.2) is 0 Å². The summed E-state index contributed by atoms with van der Waals surface area (Å²) >= 11 is 17.4. The van der Waals surface area contributed by atoms with Crippen molar-refractivity contribution in [2.75, 3.05) is 6.54 Å². The van der Waals surface area contributed by atoms with E-state index in [-0.39, 0.29) is 16.5 Å². The Balaban J connectivity index is 1.94. The normalized spacial score (nSPS) is 11.8. The molecular weight excluding hydrogens is 357 g/mol. The van der Waals surface area contributed by atoms with E-state index in [9.17, 15) is 8.42 Å². The molecule has 1 N–H and O–H groups in total. The van der Waals surface area contributed by atoms with E-state index in [1.807, 2.05) is 0 Å². The average molecular weight is 369 g/mol. The van der Waals surface area contributed by atoms with Crippen molar-refractivity contribution in [2.24, 2.45) is 0 Å². The van der Waals surface area contributed by atoms with Crippen LogP contribution < -0.4 is 4.72 Å². The standard InChI is InChI=1S/C12H12Cl3N3O2S/c13-9-2-3-11(15)12(6-9)21(19,20)17-4-1-5-18-8-10(14)7-16-18/h2-3,6-8,17H,1,4-5H2. The molecule has 2 rings (SSSR count). The highest BCUT2D eigenvalue weighted by atomic mass is 35.5. The van der Waals surface area contributed by atoms with Crippen LogP contribution in [0, 0.1) is 0 Å². The molecule has 1 aromatic heterocycles. The van der Waals surface area contributed by atoms with Crippen LogP contribution in [0.25, 0.3) is 0 Å². The minimum absolute atomic E-state index is 0.0289. The lowest BCUT2D eigenvalue weighted by atomic mass is 10.4. The summed E-state index contributed by atoms with van der Waals surface area (Å²) in [5.41, 5.74) is 0. The summed E-state index contributed by atoms with van der Waals surface area (Å²) in [5, 5.41) is 4.99. The molecule has 0 spiro atoms. The topological polar surface area (TPSA) is 64.0 Å². The Labute approximate surface area is 137 Å². The van der Waals surface area contributed by atoms with E-state index in [4.69, 9.17) is 34.8 Å². The lowest BCUT2D eigenvalue weighted by Crippen LogP contribution is -2.26. The Morgan fingerprint density at radius 2 is 1.95 bits per heavy atom. The monoisotopic (exact) mass is 367 g/mol. The van der Waals surface area contributed by atoms with Gasteiger partial charge >= 0.3 is 0 Å². The lowest BCUT2D eigenvalue weighted by molar-refractivity contribution is 0.553. The second kappa shape index (κ2) is 6.98. The Morgan fingerprint density at radius 3 is 2.62 bits per heavy atom. The maximum atomic E-state index is 12.1. The Bertz CT molecular complexity index is 731. The maximum absolute atomic E-state index is 12.1. The number of nitrogens with one attached hydrogen (secondary N) is 1. The highest BCUT2D eigenvalue weighted by Gasteiger charge is 2.17. The molecule has 2 aromatic rings. The first kappa shape index (κ1) is 16.6. The van der Waals surface area contributed by atoms with Crippen molar-refractivity contribution in [1.82, 2.24) is 14.5 Å². The third kappa shape index (κ3) is 4.59. The van der Waals surface area contributed by atoms with Crippen molar-refractivity contribution in [3.8, 4) is 0 Å². The minimum atomic E-state index is -3.68. The van der Waals surface area contributed by atoms with E-state index < -0.39 is 10.0 Å². The number of halogens is 3. The van der Waals surface area contributed by atoms with Crippen molar-refractivity contribution in [3.63, 3.8) is 0 Å². The molecule has 0 radical (unpaired) electrons. The van der Waals surface area contributed by atoms with Gasteiger partial charge in [0.25, 0.3) is 0 Å². The molecule has 0 bridgehead atoms. The molecule has 5 nitrogen and oxygen atoms in total. The molecule has 0 aliphatic carbocycles. The van der Waals surface area contributed by atoms with Crippen LogP contribution in [0.5, 0.6) is 0 Å². The van der Waals surface area contributed by atoms with Gasteiger partial charge in [-0.1, -0.05) is 34.8 Å². The fourth-order valence-corrected chi connectivity index (χ4v) is 3.66.